The highest BCUT2D eigenvalue weighted by molar-refractivity contribution is 5.80. The summed E-state index contributed by atoms with van der Waals surface area (Å²) < 4.78 is 5.46. The number of nitrogens with one attached hydrogen (secondary N) is 1. The van der Waals surface area contributed by atoms with Gasteiger partial charge in [-0.15, -0.1) is 0 Å². The minimum atomic E-state index is 0.459. The Labute approximate surface area is 164 Å². The van der Waals surface area contributed by atoms with Crippen molar-refractivity contribution in [3.8, 4) is 0 Å². The highest BCUT2D eigenvalue weighted by atomic mass is 16.5. The van der Waals surface area contributed by atoms with Crippen LogP contribution in [0.1, 0.15) is 32.3 Å². The third-order valence-electron chi connectivity index (χ3n) is 5.38. The molecule has 0 aliphatic carbocycles. The Morgan fingerprint density at radius 3 is 2.52 bits per heavy atom. The molecule has 2 heterocycles. The van der Waals surface area contributed by atoms with Gasteiger partial charge in [0, 0.05) is 38.8 Å². The summed E-state index contributed by atoms with van der Waals surface area (Å²) in [7, 11) is 0. The Morgan fingerprint density at radius 1 is 1.15 bits per heavy atom. The second-order valence-electron chi connectivity index (χ2n) is 7.39. The average Bonchev–Trinajstić information content (AvgIpc) is 2.73. The van der Waals surface area contributed by atoms with Gasteiger partial charge in [0.2, 0.25) is 0 Å². The molecule has 0 spiro atoms. The van der Waals surface area contributed by atoms with Crippen LogP contribution in [0.15, 0.2) is 40.9 Å². The van der Waals surface area contributed by atoms with Crippen LogP contribution in [0.5, 0.6) is 0 Å². The summed E-state index contributed by atoms with van der Waals surface area (Å²) >= 11 is 0. The van der Waals surface area contributed by atoms with Crippen LogP contribution in [-0.2, 0) is 4.74 Å². The van der Waals surface area contributed by atoms with Crippen molar-refractivity contribution in [2.75, 3.05) is 52.5 Å². The molecular formula is C22H34N4O. The van der Waals surface area contributed by atoms with Crippen molar-refractivity contribution in [2.45, 2.75) is 32.7 Å². The van der Waals surface area contributed by atoms with Gasteiger partial charge in [0.15, 0.2) is 5.96 Å². The number of aliphatic imine (C=N–C) groups is 1. The van der Waals surface area contributed by atoms with Crippen LogP contribution in [0.4, 0.5) is 0 Å². The van der Waals surface area contributed by atoms with Crippen molar-refractivity contribution in [2.24, 2.45) is 4.99 Å². The maximum absolute atomic E-state index is 5.46. The summed E-state index contributed by atoms with van der Waals surface area (Å²) in [5.74, 6) is 1.07. The average molecular weight is 371 g/mol. The van der Waals surface area contributed by atoms with Gasteiger partial charge in [-0.25, -0.2) is 0 Å². The Bertz CT molecular complexity index is 612. The first-order valence-electron chi connectivity index (χ1n) is 10.4. The maximum Gasteiger partial charge on any atom is 0.193 e. The molecule has 2 saturated heterocycles. The molecule has 3 rings (SSSR count). The van der Waals surface area contributed by atoms with Crippen LogP contribution in [0.3, 0.4) is 0 Å². The zero-order valence-electron chi connectivity index (χ0n) is 16.9. The lowest BCUT2D eigenvalue weighted by atomic mass is 10.0. The van der Waals surface area contributed by atoms with Crippen LogP contribution in [0.25, 0.3) is 6.08 Å². The maximum atomic E-state index is 5.46. The molecule has 1 aromatic rings. The molecule has 0 radical (unpaired) electrons. The molecule has 1 unspecified atom stereocenters. The highest BCUT2D eigenvalue weighted by Crippen LogP contribution is 2.19. The fraction of sp³-hybridized carbons (Fsp3) is 0.591. The van der Waals surface area contributed by atoms with Crippen LogP contribution in [0, 0.1) is 0 Å². The molecule has 2 aliphatic heterocycles. The van der Waals surface area contributed by atoms with E-state index in [-0.39, 0.29) is 0 Å². The fourth-order valence-electron chi connectivity index (χ4n) is 3.71. The number of morpholine rings is 1. The second kappa shape index (κ2) is 10.5. The highest BCUT2D eigenvalue weighted by Gasteiger charge is 2.19. The summed E-state index contributed by atoms with van der Waals surface area (Å²) in [6.07, 6.45) is 4.57. The van der Waals surface area contributed by atoms with Crippen molar-refractivity contribution < 1.29 is 4.74 Å². The van der Waals surface area contributed by atoms with Crippen molar-refractivity contribution in [3.63, 3.8) is 0 Å². The van der Waals surface area contributed by atoms with E-state index >= 15 is 0 Å². The molecule has 1 N–H and O–H groups in total. The van der Waals surface area contributed by atoms with Gasteiger partial charge in [0.25, 0.3) is 0 Å². The summed E-state index contributed by atoms with van der Waals surface area (Å²) in [6, 6.07) is 11.1. The zero-order valence-corrected chi connectivity index (χ0v) is 16.9. The monoisotopic (exact) mass is 370 g/mol. The Hall–Kier alpha value is -1.85. The van der Waals surface area contributed by atoms with Crippen LogP contribution < -0.4 is 5.32 Å². The third kappa shape index (κ3) is 6.08. The van der Waals surface area contributed by atoms with Gasteiger partial charge in [0.05, 0.1) is 19.8 Å². The van der Waals surface area contributed by atoms with Crippen LogP contribution in [-0.4, -0.2) is 74.3 Å². The van der Waals surface area contributed by atoms with E-state index < -0.39 is 0 Å². The number of benzene rings is 1. The van der Waals surface area contributed by atoms with Gasteiger partial charge >= 0.3 is 0 Å². The number of hydrogen-bond donors (Lipinski definition) is 1. The molecule has 27 heavy (non-hydrogen) atoms. The first-order valence-corrected chi connectivity index (χ1v) is 10.4. The first kappa shape index (κ1) is 19.9. The van der Waals surface area contributed by atoms with Crippen molar-refractivity contribution in [1.82, 2.24) is 15.1 Å². The molecule has 2 aliphatic rings. The van der Waals surface area contributed by atoms with Gasteiger partial charge in [-0.2, -0.15) is 0 Å². The molecule has 0 aromatic heterocycles. The number of hydrogen-bond acceptors (Lipinski definition) is 3. The summed E-state index contributed by atoms with van der Waals surface area (Å²) in [5.41, 5.74) is 2.84. The zero-order chi connectivity index (χ0) is 18.9. The molecule has 1 atom stereocenters. The molecule has 0 amide bonds. The lowest BCUT2D eigenvalue weighted by Crippen LogP contribution is -2.46. The van der Waals surface area contributed by atoms with Gasteiger partial charge in [-0.3, -0.25) is 9.89 Å². The molecule has 0 bridgehead atoms. The smallest absolute Gasteiger partial charge is 0.193 e. The number of likely N-dealkylation sites (tertiary alicyclic amines) is 1. The quantitative estimate of drug-likeness (QED) is 0.639. The van der Waals surface area contributed by atoms with Crippen molar-refractivity contribution >= 4 is 12.0 Å². The molecule has 148 valence electrons. The normalized spacial score (nSPS) is 20.4. The molecule has 2 fully saturated rings. The Balaban J connectivity index is 1.55. The first-order chi connectivity index (χ1) is 13.3. The van der Waals surface area contributed by atoms with E-state index in [4.69, 9.17) is 9.73 Å². The minimum absolute atomic E-state index is 0.459. The number of piperidine rings is 1. The Morgan fingerprint density at radius 2 is 1.85 bits per heavy atom. The van der Waals surface area contributed by atoms with E-state index in [1.807, 2.05) is 0 Å². The summed E-state index contributed by atoms with van der Waals surface area (Å²) in [4.78, 5) is 9.84. The third-order valence-corrected chi connectivity index (χ3v) is 5.38. The molecular weight excluding hydrogens is 336 g/mol. The van der Waals surface area contributed by atoms with Crippen molar-refractivity contribution in [1.29, 1.82) is 0 Å². The SMILES string of the molecule is CCNC(=NCC(C)N1CCOCC1)N1CCC(=Cc2ccccc2)CC1. The van der Waals surface area contributed by atoms with E-state index in [1.54, 1.807) is 0 Å². The fourth-order valence-corrected chi connectivity index (χ4v) is 3.71. The van der Waals surface area contributed by atoms with Gasteiger partial charge in [0.1, 0.15) is 0 Å². The number of guanidine groups is 1. The van der Waals surface area contributed by atoms with Gasteiger partial charge in [-0.1, -0.05) is 42.0 Å². The number of nitrogens with zero attached hydrogens (tertiary/aromatic N) is 3. The van der Waals surface area contributed by atoms with Crippen LogP contribution in [0.2, 0.25) is 0 Å². The number of ether oxygens (including phenoxy) is 1. The van der Waals surface area contributed by atoms with E-state index in [0.717, 1.165) is 71.3 Å². The van der Waals surface area contributed by atoms with Gasteiger partial charge < -0.3 is 15.0 Å². The summed E-state index contributed by atoms with van der Waals surface area (Å²) in [5, 5.41) is 3.49. The number of rotatable bonds is 5. The molecule has 5 nitrogen and oxygen atoms in total. The summed E-state index contributed by atoms with van der Waals surface area (Å²) in [6.45, 7) is 12.0. The minimum Gasteiger partial charge on any atom is -0.379 e. The predicted octanol–water partition coefficient (Wildman–Crippen LogP) is 2.85. The molecule has 0 saturated carbocycles. The standard InChI is InChI=1S/C22H34N4O/c1-3-23-22(24-18-19(2)25-13-15-27-16-14-25)26-11-9-21(10-12-26)17-20-7-5-4-6-8-20/h4-8,17,19H,3,9-16,18H2,1-2H3,(H,23,24). The molecule has 5 heteroatoms. The Kier molecular flexibility index (Phi) is 7.72. The predicted molar refractivity (Wildman–Crippen MR) is 113 cm³/mol. The van der Waals surface area contributed by atoms with Crippen molar-refractivity contribution in [3.05, 3.63) is 41.5 Å². The largest absolute Gasteiger partial charge is 0.379 e. The van der Waals surface area contributed by atoms with E-state index in [1.165, 1.54) is 11.1 Å². The van der Waals surface area contributed by atoms with Gasteiger partial charge in [-0.05, 0) is 32.3 Å². The van der Waals surface area contributed by atoms with E-state index in [9.17, 15) is 0 Å². The van der Waals surface area contributed by atoms with Crippen LogP contribution >= 0.6 is 0 Å². The van der Waals surface area contributed by atoms with E-state index in [0.29, 0.717) is 6.04 Å². The topological polar surface area (TPSA) is 40.1 Å². The van der Waals surface area contributed by atoms with E-state index in [2.05, 4.69) is 65.4 Å². The second-order valence-corrected chi connectivity index (χ2v) is 7.39. The lowest BCUT2D eigenvalue weighted by Gasteiger charge is -2.33. The molecule has 1 aromatic carbocycles. The lowest BCUT2D eigenvalue weighted by molar-refractivity contribution is 0.0220.